The van der Waals surface area contributed by atoms with Crippen LogP contribution in [0.1, 0.15) is 24.8 Å². The summed E-state index contributed by atoms with van der Waals surface area (Å²) in [7, 11) is 0. The number of benzene rings is 1. The average Bonchev–Trinajstić information content (AvgIpc) is 2.50. The predicted molar refractivity (Wildman–Crippen MR) is 83.4 cm³/mol. The second-order valence-corrected chi connectivity index (χ2v) is 4.46. The monoisotopic (exact) mass is 281 g/mol. The molecule has 0 N–H and O–H groups in total. The second kappa shape index (κ2) is 10.2. The quantitative estimate of drug-likeness (QED) is 0.189. The van der Waals surface area contributed by atoms with Crippen LogP contribution in [0.3, 0.4) is 0 Å². The number of hydrogen-bond acceptors (Lipinski definition) is 1. The number of unbranched alkanes of at least 4 members (excludes halogenated alkanes) is 2. The van der Waals surface area contributed by atoms with Gasteiger partial charge in [-0.15, -0.1) is 12.5 Å². The molecule has 0 radical (unpaired) electrons. The van der Waals surface area contributed by atoms with Crippen molar-refractivity contribution in [1.29, 1.82) is 0 Å². The maximum atomic E-state index is 11.8. The summed E-state index contributed by atoms with van der Waals surface area (Å²) in [6.07, 6.45) is 5.46. The Morgan fingerprint density at radius 3 is 2.76 bits per heavy atom. The Balaban J connectivity index is 2.62. The summed E-state index contributed by atoms with van der Waals surface area (Å²) in [6, 6.07) is 9.63. The molecule has 21 heavy (non-hydrogen) atoms. The van der Waals surface area contributed by atoms with Crippen molar-refractivity contribution in [2.24, 2.45) is 0 Å². The Hall–Kier alpha value is -2.63. The summed E-state index contributed by atoms with van der Waals surface area (Å²) in [5.74, 6) is 5.66. The number of rotatable bonds is 7. The number of carbonyl (C=O) groups excluding carboxylic acids is 1. The summed E-state index contributed by atoms with van der Waals surface area (Å²) >= 11 is 0. The molecule has 0 aromatic heterocycles. The van der Waals surface area contributed by atoms with Crippen LogP contribution < -0.4 is 0 Å². The highest BCUT2D eigenvalue weighted by atomic mass is 16.2. The minimum absolute atomic E-state index is 0.313. The van der Waals surface area contributed by atoms with Crippen molar-refractivity contribution in [1.82, 2.24) is 4.90 Å². The number of hydrogen-bond donors (Lipinski definition) is 0. The van der Waals surface area contributed by atoms with E-state index in [9.17, 15) is 4.79 Å². The van der Waals surface area contributed by atoms with E-state index in [0.717, 1.165) is 31.0 Å². The second-order valence-electron chi connectivity index (χ2n) is 4.46. The maximum absolute atomic E-state index is 11.8. The fourth-order valence-electron chi connectivity index (χ4n) is 1.72. The first kappa shape index (κ1) is 16.4. The molecule has 1 aromatic carbocycles. The zero-order chi connectivity index (χ0) is 15.3. The van der Waals surface area contributed by atoms with Crippen molar-refractivity contribution < 1.29 is 9.58 Å². The molecule has 108 valence electrons. The summed E-state index contributed by atoms with van der Waals surface area (Å²) in [6.45, 7) is 4.41. The topological polar surface area (TPSA) is 56.7 Å². The molecular weight excluding hydrogens is 262 g/mol. The smallest absolute Gasteiger partial charge is 0.344 e. The number of amides is 1. The van der Waals surface area contributed by atoms with Crippen LogP contribution in [0.25, 0.3) is 5.53 Å². The Labute approximate surface area is 125 Å². The normalized spacial score (nSPS) is 8.95. The molecule has 1 amide bonds. The lowest BCUT2D eigenvalue weighted by Crippen LogP contribution is -2.32. The van der Waals surface area contributed by atoms with Gasteiger partial charge in [0.2, 0.25) is 0 Å². The van der Waals surface area contributed by atoms with Crippen molar-refractivity contribution in [3.8, 4) is 11.8 Å². The highest BCUT2D eigenvalue weighted by Crippen LogP contribution is 2.04. The average molecular weight is 281 g/mol. The van der Waals surface area contributed by atoms with E-state index in [0.29, 0.717) is 13.1 Å². The van der Waals surface area contributed by atoms with Gasteiger partial charge in [0.1, 0.15) is 0 Å². The molecular formula is C17H19N3O. The van der Waals surface area contributed by atoms with Crippen LogP contribution in [0.4, 0.5) is 0 Å². The van der Waals surface area contributed by atoms with Gasteiger partial charge in [-0.25, -0.2) is 0 Å². The third-order valence-corrected chi connectivity index (χ3v) is 2.80. The van der Waals surface area contributed by atoms with Crippen molar-refractivity contribution in [3.63, 3.8) is 0 Å². The lowest BCUT2D eigenvalue weighted by Gasteiger charge is -2.16. The lowest BCUT2D eigenvalue weighted by molar-refractivity contribution is -0.127. The largest absolute Gasteiger partial charge is 0.361 e. The molecule has 0 fully saturated rings. The number of allylic oxidation sites excluding steroid dienone is 1. The Morgan fingerprint density at radius 1 is 1.33 bits per heavy atom. The van der Waals surface area contributed by atoms with E-state index in [-0.39, 0.29) is 5.91 Å². The van der Waals surface area contributed by atoms with Gasteiger partial charge < -0.3 is 10.4 Å². The molecule has 0 aliphatic rings. The molecule has 0 saturated heterocycles. The Bertz CT molecular complexity index is 563. The van der Waals surface area contributed by atoms with E-state index < -0.39 is 0 Å². The number of carbonyl (C=O) groups is 1. The van der Waals surface area contributed by atoms with E-state index in [1.165, 1.54) is 4.90 Å². The SMILES string of the molecule is C=CCCCC#CCN(Cc1ccccc1)C(=O)C=[N+]=[N-]. The van der Waals surface area contributed by atoms with Gasteiger partial charge in [0.15, 0.2) is 0 Å². The van der Waals surface area contributed by atoms with Crippen molar-refractivity contribution >= 4 is 12.1 Å². The zero-order valence-electron chi connectivity index (χ0n) is 12.0. The molecule has 4 nitrogen and oxygen atoms in total. The Kier molecular flexibility index (Phi) is 7.97. The first-order valence-electron chi connectivity index (χ1n) is 6.84. The fourth-order valence-corrected chi connectivity index (χ4v) is 1.72. The molecule has 0 aliphatic carbocycles. The number of nitrogens with zero attached hydrogens (tertiary/aromatic N) is 3. The summed E-state index contributed by atoms with van der Waals surface area (Å²) in [5.41, 5.74) is 9.50. The predicted octanol–water partition coefficient (Wildman–Crippen LogP) is 2.68. The molecule has 0 atom stereocenters. The first-order valence-corrected chi connectivity index (χ1v) is 6.84. The third kappa shape index (κ3) is 6.91. The molecule has 0 unspecified atom stereocenters. The van der Waals surface area contributed by atoms with Gasteiger partial charge in [-0.05, 0) is 18.4 Å². The highest BCUT2D eigenvalue weighted by molar-refractivity contribution is 6.23. The molecule has 1 rings (SSSR count). The lowest BCUT2D eigenvalue weighted by atomic mass is 10.2. The van der Waals surface area contributed by atoms with Crippen molar-refractivity contribution in [2.45, 2.75) is 25.8 Å². The minimum Gasteiger partial charge on any atom is -0.361 e. The summed E-state index contributed by atoms with van der Waals surface area (Å²) < 4.78 is 0. The third-order valence-electron chi connectivity index (χ3n) is 2.80. The molecule has 0 spiro atoms. The van der Waals surface area contributed by atoms with Crippen molar-refractivity contribution in [2.75, 3.05) is 6.54 Å². The first-order chi connectivity index (χ1) is 10.3. The van der Waals surface area contributed by atoms with E-state index >= 15 is 0 Å². The molecule has 0 aliphatic heterocycles. The van der Waals surface area contributed by atoms with Gasteiger partial charge in [0, 0.05) is 13.0 Å². The van der Waals surface area contributed by atoms with Gasteiger partial charge in [-0.3, -0.25) is 4.79 Å². The molecule has 0 heterocycles. The van der Waals surface area contributed by atoms with Crippen LogP contribution in [-0.2, 0) is 11.3 Å². The van der Waals surface area contributed by atoms with Gasteiger partial charge in [-0.2, -0.15) is 4.79 Å². The van der Waals surface area contributed by atoms with Crippen LogP contribution >= 0.6 is 0 Å². The van der Waals surface area contributed by atoms with E-state index in [1.54, 1.807) is 0 Å². The Morgan fingerprint density at radius 2 is 2.10 bits per heavy atom. The van der Waals surface area contributed by atoms with Crippen LogP contribution in [0.2, 0.25) is 0 Å². The van der Waals surface area contributed by atoms with Gasteiger partial charge in [0.25, 0.3) is 0 Å². The zero-order valence-corrected chi connectivity index (χ0v) is 12.0. The molecule has 0 bridgehead atoms. The standard InChI is InChI=1S/C17H19N3O/c1-2-3-4-5-6-10-13-20(17(21)14-19-18)15-16-11-8-7-9-12-16/h2,7-9,11-12,14H,1,3-5,13,15H2. The molecule has 0 saturated carbocycles. The highest BCUT2D eigenvalue weighted by Gasteiger charge is 2.13. The van der Waals surface area contributed by atoms with Crippen molar-refractivity contribution in [3.05, 3.63) is 54.1 Å². The van der Waals surface area contributed by atoms with Crippen LogP contribution in [0, 0.1) is 11.8 Å². The van der Waals surface area contributed by atoms with Crippen LogP contribution in [0.5, 0.6) is 0 Å². The van der Waals surface area contributed by atoms with E-state index in [4.69, 9.17) is 5.53 Å². The van der Waals surface area contributed by atoms with E-state index in [1.807, 2.05) is 36.4 Å². The van der Waals surface area contributed by atoms with Gasteiger partial charge in [-0.1, -0.05) is 42.3 Å². The summed E-state index contributed by atoms with van der Waals surface area (Å²) in [5, 5.41) is 0. The van der Waals surface area contributed by atoms with E-state index in [2.05, 4.69) is 23.2 Å². The van der Waals surface area contributed by atoms with Crippen LogP contribution in [-0.4, -0.2) is 28.4 Å². The maximum Gasteiger partial charge on any atom is 0.344 e. The molecule has 1 aromatic rings. The minimum atomic E-state index is -0.359. The fraction of sp³-hybridized carbons (Fsp3) is 0.294. The summed E-state index contributed by atoms with van der Waals surface area (Å²) in [4.78, 5) is 16.2. The van der Waals surface area contributed by atoms with Crippen LogP contribution in [0.15, 0.2) is 43.0 Å². The molecule has 4 heteroatoms. The van der Waals surface area contributed by atoms with Gasteiger partial charge in [0.05, 0.1) is 6.54 Å². The van der Waals surface area contributed by atoms with Gasteiger partial charge >= 0.3 is 12.1 Å².